The van der Waals surface area contributed by atoms with Crippen LogP contribution >= 0.6 is 11.8 Å². The van der Waals surface area contributed by atoms with Crippen LogP contribution in [0.15, 0.2) is 66.0 Å². The lowest BCUT2D eigenvalue weighted by Gasteiger charge is -2.14. The maximum Gasteiger partial charge on any atom is 0.573 e. The first kappa shape index (κ1) is 26.4. The fourth-order valence-corrected chi connectivity index (χ4v) is 4.66. The first-order chi connectivity index (χ1) is 17.7. The largest absolute Gasteiger partial charge is 0.573 e. The molecule has 0 saturated carbocycles. The van der Waals surface area contributed by atoms with Gasteiger partial charge in [0, 0.05) is 23.8 Å². The number of anilines is 2. The highest BCUT2D eigenvalue weighted by Crippen LogP contribution is 2.27. The molecule has 0 radical (unpaired) electrons. The van der Waals surface area contributed by atoms with Crippen LogP contribution in [0.4, 0.5) is 24.7 Å². The van der Waals surface area contributed by atoms with Crippen LogP contribution in [0, 0.1) is 0 Å². The Morgan fingerprint density at radius 3 is 2.49 bits per heavy atom. The number of alkyl halides is 3. The molecule has 37 heavy (non-hydrogen) atoms. The van der Waals surface area contributed by atoms with Gasteiger partial charge in [-0.15, -0.1) is 24.9 Å². The van der Waals surface area contributed by atoms with Gasteiger partial charge in [0.15, 0.2) is 0 Å². The summed E-state index contributed by atoms with van der Waals surface area (Å²) < 4.78 is 40.9. The molecule has 2 aromatic heterocycles. The highest BCUT2D eigenvalue weighted by Gasteiger charge is 2.31. The molecule has 4 rings (SSSR count). The SMILES string of the molecule is O=C(CN1CCCC1)Nc1cc(CSc2ncccc2C(=O)Nc2ccc(OC(F)(F)F)cc2)ccn1. The summed E-state index contributed by atoms with van der Waals surface area (Å²) in [6.45, 7) is 2.19. The van der Waals surface area contributed by atoms with Gasteiger partial charge in [0.25, 0.3) is 5.91 Å². The lowest BCUT2D eigenvalue weighted by Crippen LogP contribution is -2.31. The molecule has 1 aliphatic rings. The lowest BCUT2D eigenvalue weighted by atomic mass is 10.2. The molecular weight excluding hydrogens is 507 g/mol. The topological polar surface area (TPSA) is 96.5 Å². The van der Waals surface area contributed by atoms with E-state index in [2.05, 4.69) is 30.2 Å². The van der Waals surface area contributed by atoms with Crippen molar-refractivity contribution >= 4 is 35.1 Å². The average molecular weight is 532 g/mol. The van der Waals surface area contributed by atoms with Crippen LogP contribution in [-0.4, -0.2) is 52.7 Å². The summed E-state index contributed by atoms with van der Waals surface area (Å²) in [5.41, 5.74) is 1.51. The number of halogens is 3. The number of amides is 2. The molecule has 0 atom stereocenters. The molecule has 0 aliphatic carbocycles. The Hall–Kier alpha value is -3.64. The summed E-state index contributed by atoms with van der Waals surface area (Å²) in [5, 5.41) is 5.97. The molecule has 2 N–H and O–H groups in total. The average Bonchev–Trinajstić information content (AvgIpc) is 3.36. The molecule has 0 unspecified atom stereocenters. The van der Waals surface area contributed by atoms with E-state index in [0.717, 1.165) is 43.6 Å². The van der Waals surface area contributed by atoms with E-state index in [1.807, 2.05) is 6.07 Å². The van der Waals surface area contributed by atoms with Crippen molar-refractivity contribution in [3.05, 3.63) is 72.1 Å². The third-order valence-electron chi connectivity index (χ3n) is 5.39. The van der Waals surface area contributed by atoms with Crippen LogP contribution < -0.4 is 15.4 Å². The second-order valence-corrected chi connectivity index (χ2v) is 9.22. The fourth-order valence-electron chi connectivity index (χ4n) is 3.73. The second kappa shape index (κ2) is 12.1. The molecule has 8 nitrogen and oxygen atoms in total. The predicted molar refractivity (Wildman–Crippen MR) is 133 cm³/mol. The van der Waals surface area contributed by atoms with Crippen LogP contribution in [0.5, 0.6) is 5.75 Å². The summed E-state index contributed by atoms with van der Waals surface area (Å²) in [6, 6.07) is 11.7. The fraction of sp³-hybridized carbons (Fsp3) is 0.280. The molecule has 1 fully saturated rings. The molecule has 194 valence electrons. The third kappa shape index (κ3) is 8.19. The Kier molecular flexibility index (Phi) is 8.62. The number of thioether (sulfide) groups is 1. The number of carbonyl (C=O) groups is 2. The standard InChI is InChI=1S/C25H24F3N5O3S/c26-25(27,28)36-19-7-5-18(6-8-19)31-23(35)20-4-3-10-30-24(20)37-16-17-9-11-29-21(14-17)32-22(34)15-33-12-1-2-13-33/h3-11,14H,1-2,12-13,15-16H2,(H,31,35)(H,29,32,34). The summed E-state index contributed by atoms with van der Waals surface area (Å²) in [6.07, 6.45) is 0.601. The molecule has 3 aromatic rings. The van der Waals surface area contributed by atoms with Crippen LogP contribution in [0.1, 0.15) is 28.8 Å². The van der Waals surface area contributed by atoms with Crippen molar-refractivity contribution in [1.82, 2.24) is 14.9 Å². The Morgan fingerprint density at radius 1 is 1.00 bits per heavy atom. The number of benzene rings is 1. The van der Waals surface area contributed by atoms with Crippen molar-refractivity contribution in [3.63, 3.8) is 0 Å². The van der Waals surface area contributed by atoms with Gasteiger partial charge in [-0.05, 0) is 80.0 Å². The zero-order valence-corrected chi connectivity index (χ0v) is 20.4. The number of rotatable bonds is 9. The zero-order chi connectivity index (χ0) is 26.3. The van der Waals surface area contributed by atoms with E-state index in [4.69, 9.17) is 0 Å². The van der Waals surface area contributed by atoms with Crippen molar-refractivity contribution < 1.29 is 27.5 Å². The van der Waals surface area contributed by atoms with E-state index >= 15 is 0 Å². The molecule has 1 aliphatic heterocycles. The number of hydrogen-bond donors (Lipinski definition) is 2. The highest BCUT2D eigenvalue weighted by molar-refractivity contribution is 7.98. The van der Waals surface area contributed by atoms with E-state index in [1.54, 1.807) is 30.6 Å². The Labute approximate surface area is 215 Å². The van der Waals surface area contributed by atoms with Gasteiger partial charge < -0.3 is 15.4 Å². The van der Waals surface area contributed by atoms with E-state index in [9.17, 15) is 22.8 Å². The van der Waals surface area contributed by atoms with Crippen molar-refractivity contribution in [2.45, 2.75) is 30.0 Å². The van der Waals surface area contributed by atoms with Gasteiger partial charge in [0.05, 0.1) is 12.1 Å². The minimum Gasteiger partial charge on any atom is -0.406 e. The van der Waals surface area contributed by atoms with Crippen molar-refractivity contribution in [2.24, 2.45) is 0 Å². The molecule has 2 amide bonds. The summed E-state index contributed by atoms with van der Waals surface area (Å²) in [7, 11) is 0. The van der Waals surface area contributed by atoms with Gasteiger partial charge in [0.2, 0.25) is 5.91 Å². The van der Waals surface area contributed by atoms with Gasteiger partial charge >= 0.3 is 6.36 Å². The minimum atomic E-state index is -4.79. The molecule has 0 spiro atoms. The normalized spacial score (nSPS) is 13.8. The number of nitrogens with one attached hydrogen (secondary N) is 2. The number of aromatic nitrogens is 2. The molecule has 1 aromatic carbocycles. The van der Waals surface area contributed by atoms with Gasteiger partial charge in [-0.2, -0.15) is 0 Å². The summed E-state index contributed by atoms with van der Waals surface area (Å²) in [4.78, 5) is 35.8. The number of ether oxygens (including phenoxy) is 1. The molecule has 12 heteroatoms. The maximum absolute atomic E-state index is 12.8. The van der Waals surface area contributed by atoms with Gasteiger partial charge in [-0.1, -0.05) is 0 Å². The van der Waals surface area contributed by atoms with Crippen LogP contribution in [0.3, 0.4) is 0 Å². The molecule has 0 bridgehead atoms. The Morgan fingerprint density at radius 2 is 1.76 bits per heavy atom. The van der Waals surface area contributed by atoms with Gasteiger partial charge in [-0.3, -0.25) is 14.5 Å². The monoisotopic (exact) mass is 531 g/mol. The number of likely N-dealkylation sites (tertiary alicyclic amines) is 1. The van der Waals surface area contributed by atoms with Crippen molar-refractivity contribution in [3.8, 4) is 5.75 Å². The van der Waals surface area contributed by atoms with Crippen LogP contribution in [0.25, 0.3) is 0 Å². The third-order valence-corrected chi connectivity index (χ3v) is 6.47. The Bertz CT molecular complexity index is 1230. The molecular formula is C25H24F3N5O3S. The number of carbonyl (C=O) groups excluding carboxylic acids is 2. The predicted octanol–water partition coefficient (Wildman–Crippen LogP) is 4.95. The van der Waals surface area contributed by atoms with Crippen molar-refractivity contribution in [2.75, 3.05) is 30.3 Å². The molecule has 1 saturated heterocycles. The van der Waals surface area contributed by atoms with E-state index in [-0.39, 0.29) is 11.7 Å². The van der Waals surface area contributed by atoms with E-state index < -0.39 is 12.3 Å². The quantitative estimate of drug-likeness (QED) is 0.377. The first-order valence-corrected chi connectivity index (χ1v) is 12.5. The second-order valence-electron chi connectivity index (χ2n) is 8.25. The van der Waals surface area contributed by atoms with Crippen LogP contribution in [-0.2, 0) is 10.5 Å². The van der Waals surface area contributed by atoms with Crippen molar-refractivity contribution in [1.29, 1.82) is 0 Å². The zero-order valence-electron chi connectivity index (χ0n) is 19.6. The Balaban J connectivity index is 1.35. The lowest BCUT2D eigenvalue weighted by molar-refractivity contribution is -0.274. The maximum atomic E-state index is 12.8. The van der Waals surface area contributed by atoms with Gasteiger partial charge in [0.1, 0.15) is 16.6 Å². The van der Waals surface area contributed by atoms with E-state index in [0.29, 0.717) is 34.4 Å². The molecule has 3 heterocycles. The van der Waals surface area contributed by atoms with Gasteiger partial charge in [-0.25, -0.2) is 9.97 Å². The first-order valence-electron chi connectivity index (χ1n) is 11.5. The minimum absolute atomic E-state index is 0.110. The summed E-state index contributed by atoms with van der Waals surface area (Å²) in [5.74, 6) is -0.0185. The van der Waals surface area contributed by atoms with E-state index in [1.165, 1.54) is 23.9 Å². The van der Waals surface area contributed by atoms with Crippen LogP contribution in [0.2, 0.25) is 0 Å². The smallest absolute Gasteiger partial charge is 0.406 e. The number of nitrogens with zero attached hydrogens (tertiary/aromatic N) is 3. The number of hydrogen-bond acceptors (Lipinski definition) is 7. The summed E-state index contributed by atoms with van der Waals surface area (Å²) >= 11 is 1.34. The number of pyridine rings is 2. The highest BCUT2D eigenvalue weighted by atomic mass is 32.2.